The van der Waals surface area contributed by atoms with E-state index < -0.39 is 36.3 Å². The van der Waals surface area contributed by atoms with Crippen molar-refractivity contribution in [1.29, 1.82) is 5.26 Å². The summed E-state index contributed by atoms with van der Waals surface area (Å²) in [7, 11) is 0.802. The van der Waals surface area contributed by atoms with Crippen LogP contribution in [0.3, 0.4) is 0 Å². The van der Waals surface area contributed by atoms with Crippen LogP contribution in [0.4, 0.5) is 32.2 Å². The largest absolute Gasteiger partial charge is 0.417 e. The first-order valence-electron chi connectivity index (χ1n) is 9.03. The van der Waals surface area contributed by atoms with E-state index in [1.807, 2.05) is 0 Å². The summed E-state index contributed by atoms with van der Waals surface area (Å²) in [5, 5.41) is 11.4. The molecule has 1 aromatic carbocycles. The maximum Gasteiger partial charge on any atom is 0.417 e. The van der Waals surface area contributed by atoms with Gasteiger partial charge in [0.2, 0.25) is 0 Å². The Morgan fingerprint density at radius 3 is 2.42 bits per heavy atom. The zero-order valence-electron chi connectivity index (χ0n) is 16.6. The first-order chi connectivity index (χ1) is 15.3. The van der Waals surface area contributed by atoms with Gasteiger partial charge in [-0.05, 0) is 36.4 Å². The van der Waals surface area contributed by atoms with Gasteiger partial charge in [-0.15, -0.1) is 0 Å². The smallest absolute Gasteiger partial charge is 0.339 e. The van der Waals surface area contributed by atoms with Gasteiger partial charge < -0.3 is 15.2 Å². The third-order valence-corrected chi connectivity index (χ3v) is 4.42. The van der Waals surface area contributed by atoms with Gasteiger partial charge in [-0.1, -0.05) is 0 Å². The molecule has 0 saturated heterocycles. The molecule has 0 radical (unpaired) electrons. The molecule has 33 heavy (non-hydrogen) atoms. The minimum atomic E-state index is -4.70. The zero-order valence-corrected chi connectivity index (χ0v) is 16.6. The fourth-order valence-corrected chi connectivity index (χ4v) is 2.99. The molecule has 0 aliphatic rings. The molecule has 2 heterocycles. The number of amides is 2. The lowest BCUT2D eigenvalue weighted by Crippen LogP contribution is -2.42. The minimum absolute atomic E-state index is 0.000873. The Kier molecular flexibility index (Phi) is 6.04. The number of nitrogens with one attached hydrogen (secondary N) is 2. The number of H-pyrrole nitrogens is 1. The number of carbonyl (C=O) groups is 2. The Labute approximate surface area is 181 Å². The fourth-order valence-electron chi connectivity index (χ4n) is 2.99. The Hall–Kier alpha value is -4.08. The van der Waals surface area contributed by atoms with Crippen LogP contribution in [-0.4, -0.2) is 46.5 Å². The number of carbonyl (C=O) groups excluding carboxylic acids is 2. The van der Waals surface area contributed by atoms with E-state index in [0.717, 1.165) is 25.2 Å². The van der Waals surface area contributed by atoms with E-state index in [-0.39, 0.29) is 33.2 Å². The summed E-state index contributed by atoms with van der Waals surface area (Å²) < 4.78 is 77.4. The van der Waals surface area contributed by atoms with Gasteiger partial charge in [0.15, 0.2) is 0 Å². The number of benzene rings is 1. The summed E-state index contributed by atoms with van der Waals surface area (Å²) in [6.07, 6.45) is -9.39. The Morgan fingerprint density at radius 2 is 1.82 bits per heavy atom. The summed E-state index contributed by atoms with van der Waals surface area (Å²) in [6, 6.07) is 8.59. The number of aromatic amines is 1. The second-order valence-corrected chi connectivity index (χ2v) is 6.92. The predicted molar refractivity (Wildman–Crippen MR) is 104 cm³/mol. The number of halogens is 6. The molecule has 3 rings (SSSR count). The van der Waals surface area contributed by atoms with E-state index >= 15 is 0 Å². The van der Waals surface area contributed by atoms with Gasteiger partial charge >= 0.3 is 24.2 Å². The molecule has 0 spiro atoms. The van der Waals surface area contributed by atoms with Gasteiger partial charge in [0.05, 0.1) is 17.2 Å². The number of pyridine rings is 1. The molecule has 2 amide bonds. The molecule has 2 N–H and O–H groups in total. The topological polar surface area (TPSA) is 102 Å². The van der Waals surface area contributed by atoms with Gasteiger partial charge in [-0.3, -0.25) is 9.59 Å². The van der Waals surface area contributed by atoms with Crippen molar-refractivity contribution in [3.8, 4) is 17.3 Å². The second kappa shape index (κ2) is 8.45. The fraction of sp³-hybridized carbons (Fsp3) is 0.200. The van der Waals surface area contributed by atoms with Gasteiger partial charge in [-0.25, -0.2) is 4.98 Å². The summed E-state index contributed by atoms with van der Waals surface area (Å²) in [4.78, 5) is 30.6. The number of nitriles is 1. The SMILES string of the molecule is CN(CC(F)(F)F)C(=O)C(=O)Nc1ccc2cc(-c3cc(C#N)ccc3C(F)(F)F)[nH]c2n1. The Balaban J connectivity index is 1.90. The maximum atomic E-state index is 13.4. The van der Waals surface area contributed by atoms with E-state index in [0.29, 0.717) is 5.39 Å². The van der Waals surface area contributed by atoms with Crippen molar-refractivity contribution in [2.75, 3.05) is 18.9 Å². The van der Waals surface area contributed by atoms with Crippen molar-refractivity contribution < 1.29 is 35.9 Å². The highest BCUT2D eigenvalue weighted by molar-refractivity contribution is 6.39. The molecule has 172 valence electrons. The van der Waals surface area contributed by atoms with Crippen LogP contribution in [0, 0.1) is 11.3 Å². The third-order valence-electron chi connectivity index (χ3n) is 4.42. The number of hydrogen-bond donors (Lipinski definition) is 2. The number of fused-ring (bicyclic) bond motifs is 1. The monoisotopic (exact) mass is 469 g/mol. The van der Waals surface area contributed by atoms with Crippen molar-refractivity contribution >= 4 is 28.7 Å². The average molecular weight is 469 g/mol. The standard InChI is InChI=1S/C20H13F6N5O2/c1-31(9-19(21,22)23)18(33)17(32)30-15-5-3-11-7-14(28-16(11)29-15)12-6-10(8-27)2-4-13(12)20(24,25)26/h2-7H,9H2,1H3,(H2,28,29,30,32). The lowest BCUT2D eigenvalue weighted by atomic mass is 10.0. The number of alkyl halides is 6. The maximum absolute atomic E-state index is 13.4. The zero-order chi connectivity index (χ0) is 24.6. The molecular formula is C20H13F6N5O2. The summed E-state index contributed by atoms with van der Waals surface area (Å²) in [5.41, 5.74) is -1.26. The molecule has 13 heteroatoms. The molecule has 0 fully saturated rings. The highest BCUT2D eigenvalue weighted by atomic mass is 19.4. The van der Waals surface area contributed by atoms with E-state index in [2.05, 4.69) is 15.3 Å². The second-order valence-electron chi connectivity index (χ2n) is 6.92. The number of aromatic nitrogens is 2. The van der Waals surface area contributed by atoms with E-state index in [1.165, 1.54) is 18.2 Å². The molecule has 0 bridgehead atoms. The van der Waals surface area contributed by atoms with Crippen LogP contribution in [0.25, 0.3) is 22.3 Å². The van der Waals surface area contributed by atoms with Gasteiger partial charge in [0, 0.05) is 23.7 Å². The number of rotatable bonds is 3. The van der Waals surface area contributed by atoms with Crippen molar-refractivity contribution in [3.63, 3.8) is 0 Å². The summed E-state index contributed by atoms with van der Waals surface area (Å²) >= 11 is 0. The van der Waals surface area contributed by atoms with Crippen LogP contribution in [0.1, 0.15) is 11.1 Å². The Morgan fingerprint density at radius 1 is 1.12 bits per heavy atom. The molecular weight excluding hydrogens is 456 g/mol. The lowest BCUT2D eigenvalue weighted by molar-refractivity contribution is -0.161. The van der Waals surface area contributed by atoms with Crippen LogP contribution in [0.15, 0.2) is 36.4 Å². The molecule has 2 aromatic heterocycles. The molecule has 3 aromatic rings. The number of hydrogen-bond acceptors (Lipinski definition) is 4. The quantitative estimate of drug-likeness (QED) is 0.446. The number of likely N-dealkylation sites (N-methyl/N-ethyl adjacent to an activating group) is 1. The number of nitrogens with zero attached hydrogens (tertiary/aromatic N) is 3. The predicted octanol–water partition coefficient (Wildman–Crippen LogP) is 4.08. The lowest BCUT2D eigenvalue weighted by Gasteiger charge is -2.18. The summed E-state index contributed by atoms with van der Waals surface area (Å²) in [6.45, 7) is -1.63. The van der Waals surface area contributed by atoms with Crippen LogP contribution < -0.4 is 5.32 Å². The molecule has 0 aliphatic heterocycles. The number of anilines is 1. The van der Waals surface area contributed by atoms with Crippen molar-refractivity contribution in [1.82, 2.24) is 14.9 Å². The van der Waals surface area contributed by atoms with Crippen LogP contribution >= 0.6 is 0 Å². The van der Waals surface area contributed by atoms with Crippen LogP contribution in [0.2, 0.25) is 0 Å². The molecule has 0 unspecified atom stereocenters. The third kappa shape index (κ3) is 5.40. The highest BCUT2D eigenvalue weighted by Gasteiger charge is 2.35. The molecule has 0 aliphatic carbocycles. The summed E-state index contributed by atoms with van der Waals surface area (Å²) in [5.74, 6) is -3.04. The molecule has 0 saturated carbocycles. The van der Waals surface area contributed by atoms with E-state index in [4.69, 9.17) is 5.26 Å². The van der Waals surface area contributed by atoms with Crippen molar-refractivity contribution in [2.24, 2.45) is 0 Å². The normalized spacial score (nSPS) is 11.8. The molecule has 0 atom stereocenters. The van der Waals surface area contributed by atoms with Crippen LogP contribution in [0.5, 0.6) is 0 Å². The Bertz CT molecular complexity index is 1270. The van der Waals surface area contributed by atoms with E-state index in [1.54, 1.807) is 6.07 Å². The minimum Gasteiger partial charge on any atom is -0.339 e. The van der Waals surface area contributed by atoms with Crippen molar-refractivity contribution in [2.45, 2.75) is 12.4 Å². The van der Waals surface area contributed by atoms with E-state index in [9.17, 15) is 35.9 Å². The van der Waals surface area contributed by atoms with Gasteiger partial charge in [0.1, 0.15) is 18.0 Å². The first kappa shape index (κ1) is 23.6. The van der Waals surface area contributed by atoms with Crippen molar-refractivity contribution in [3.05, 3.63) is 47.5 Å². The van der Waals surface area contributed by atoms with Crippen LogP contribution in [-0.2, 0) is 15.8 Å². The highest BCUT2D eigenvalue weighted by Crippen LogP contribution is 2.38. The first-order valence-corrected chi connectivity index (χ1v) is 9.03. The average Bonchev–Trinajstić information content (AvgIpc) is 3.14. The van der Waals surface area contributed by atoms with Gasteiger partial charge in [0.25, 0.3) is 0 Å². The van der Waals surface area contributed by atoms with Gasteiger partial charge in [-0.2, -0.15) is 31.6 Å². The molecule has 7 nitrogen and oxygen atoms in total.